The quantitative estimate of drug-likeness (QED) is 0.847. The highest BCUT2D eigenvalue weighted by atomic mass is 16.4. The summed E-state index contributed by atoms with van der Waals surface area (Å²) in [6.45, 7) is 5.84. The van der Waals surface area contributed by atoms with E-state index in [4.69, 9.17) is 4.42 Å². The highest BCUT2D eigenvalue weighted by Gasteiger charge is 2.27. The van der Waals surface area contributed by atoms with Gasteiger partial charge in [0.25, 0.3) is 0 Å². The van der Waals surface area contributed by atoms with Crippen LogP contribution in [0.1, 0.15) is 41.8 Å². The lowest BCUT2D eigenvalue weighted by molar-refractivity contribution is 0.222. The van der Waals surface area contributed by atoms with Crippen molar-refractivity contribution in [2.24, 2.45) is 0 Å². The van der Waals surface area contributed by atoms with Crippen molar-refractivity contribution in [1.82, 2.24) is 14.9 Å². The van der Waals surface area contributed by atoms with E-state index in [1.165, 1.54) is 18.4 Å². The van der Waals surface area contributed by atoms with Gasteiger partial charge in [0.1, 0.15) is 5.76 Å². The van der Waals surface area contributed by atoms with Gasteiger partial charge in [0.15, 0.2) is 0 Å². The molecule has 3 heterocycles. The summed E-state index contributed by atoms with van der Waals surface area (Å²) < 4.78 is 5.69. The van der Waals surface area contributed by atoms with Crippen LogP contribution in [0.3, 0.4) is 0 Å². The van der Waals surface area contributed by atoms with E-state index in [1.807, 2.05) is 32.3 Å². The van der Waals surface area contributed by atoms with Crippen molar-refractivity contribution in [3.63, 3.8) is 0 Å². The molecule has 0 radical (unpaired) electrons. The second kappa shape index (κ2) is 5.13. The Morgan fingerprint density at radius 1 is 1.42 bits per heavy atom. The first-order chi connectivity index (χ1) is 9.24. The van der Waals surface area contributed by atoms with E-state index in [1.54, 1.807) is 0 Å². The van der Waals surface area contributed by atoms with Gasteiger partial charge in [0.2, 0.25) is 5.89 Å². The molecule has 0 amide bonds. The lowest BCUT2D eigenvalue weighted by Gasteiger charge is -2.22. The molecule has 1 saturated heterocycles. The number of hydrogen-bond acceptors (Lipinski definition) is 4. The summed E-state index contributed by atoms with van der Waals surface area (Å²) >= 11 is 0. The third-order valence-electron chi connectivity index (χ3n) is 3.84. The first kappa shape index (κ1) is 12.4. The number of hydrogen-bond donors (Lipinski definition) is 0. The van der Waals surface area contributed by atoms with Crippen LogP contribution in [0.5, 0.6) is 0 Å². The Balaban J connectivity index is 1.77. The molecule has 4 nitrogen and oxygen atoms in total. The molecule has 19 heavy (non-hydrogen) atoms. The van der Waals surface area contributed by atoms with Gasteiger partial charge in [-0.2, -0.15) is 0 Å². The van der Waals surface area contributed by atoms with Gasteiger partial charge < -0.3 is 4.42 Å². The van der Waals surface area contributed by atoms with E-state index < -0.39 is 0 Å². The molecule has 1 unspecified atom stereocenters. The van der Waals surface area contributed by atoms with Gasteiger partial charge in [-0.15, -0.1) is 0 Å². The fourth-order valence-corrected chi connectivity index (χ4v) is 2.75. The molecular formula is C15H19N3O. The maximum Gasteiger partial charge on any atom is 0.208 e. The molecule has 1 aliphatic heterocycles. The van der Waals surface area contributed by atoms with Crippen LogP contribution in [0, 0.1) is 13.8 Å². The van der Waals surface area contributed by atoms with Crippen molar-refractivity contribution in [2.75, 3.05) is 6.54 Å². The van der Waals surface area contributed by atoms with E-state index in [9.17, 15) is 0 Å². The molecule has 0 aliphatic carbocycles. The Bertz CT molecular complexity index is 530. The predicted octanol–water partition coefficient (Wildman–Crippen LogP) is 3.02. The minimum atomic E-state index is 0.446. The zero-order valence-corrected chi connectivity index (χ0v) is 11.5. The van der Waals surface area contributed by atoms with E-state index in [-0.39, 0.29) is 0 Å². The van der Waals surface area contributed by atoms with E-state index in [2.05, 4.69) is 20.9 Å². The van der Waals surface area contributed by atoms with Crippen LogP contribution < -0.4 is 0 Å². The highest BCUT2D eigenvalue weighted by Crippen LogP contribution is 2.32. The lowest BCUT2D eigenvalue weighted by atomic mass is 10.1. The number of likely N-dealkylation sites (tertiary alicyclic amines) is 1. The number of nitrogens with zero attached hydrogens (tertiary/aromatic N) is 3. The van der Waals surface area contributed by atoms with Crippen LogP contribution in [0.2, 0.25) is 0 Å². The number of aromatic nitrogens is 2. The van der Waals surface area contributed by atoms with Crippen molar-refractivity contribution in [1.29, 1.82) is 0 Å². The van der Waals surface area contributed by atoms with Crippen molar-refractivity contribution in [3.05, 3.63) is 47.4 Å². The Kier molecular flexibility index (Phi) is 3.34. The zero-order chi connectivity index (χ0) is 13.2. The SMILES string of the molecule is Cc1nc(CN2CCCC2c2cccnc2)oc1C. The van der Waals surface area contributed by atoms with Crippen LogP contribution in [0.15, 0.2) is 28.9 Å². The Morgan fingerprint density at radius 3 is 3.00 bits per heavy atom. The Morgan fingerprint density at radius 2 is 2.32 bits per heavy atom. The van der Waals surface area contributed by atoms with E-state index >= 15 is 0 Å². The third kappa shape index (κ3) is 2.54. The van der Waals surface area contributed by atoms with Gasteiger partial charge in [-0.3, -0.25) is 9.88 Å². The summed E-state index contributed by atoms with van der Waals surface area (Å²) in [5, 5.41) is 0. The molecule has 4 heteroatoms. The van der Waals surface area contributed by atoms with Gasteiger partial charge in [-0.25, -0.2) is 4.98 Å². The topological polar surface area (TPSA) is 42.2 Å². The molecule has 0 aromatic carbocycles. The number of aryl methyl sites for hydroxylation is 2. The molecule has 1 aliphatic rings. The van der Waals surface area contributed by atoms with Crippen LogP contribution in [0.4, 0.5) is 0 Å². The number of pyridine rings is 1. The van der Waals surface area contributed by atoms with Crippen molar-refractivity contribution >= 4 is 0 Å². The third-order valence-corrected chi connectivity index (χ3v) is 3.84. The average molecular weight is 257 g/mol. The Labute approximate surface area is 113 Å². The minimum absolute atomic E-state index is 0.446. The van der Waals surface area contributed by atoms with Crippen LogP contribution in [0.25, 0.3) is 0 Å². The summed E-state index contributed by atoms with van der Waals surface area (Å²) in [5.41, 5.74) is 2.28. The molecule has 0 bridgehead atoms. The predicted molar refractivity (Wildman–Crippen MR) is 72.6 cm³/mol. The lowest BCUT2D eigenvalue weighted by Crippen LogP contribution is -2.23. The fraction of sp³-hybridized carbons (Fsp3) is 0.467. The molecular weight excluding hydrogens is 238 g/mol. The van der Waals surface area contributed by atoms with Crippen molar-refractivity contribution < 1.29 is 4.42 Å². The normalized spacial score (nSPS) is 20.0. The second-order valence-corrected chi connectivity index (χ2v) is 5.16. The van der Waals surface area contributed by atoms with Gasteiger partial charge >= 0.3 is 0 Å². The van der Waals surface area contributed by atoms with Crippen LogP contribution in [-0.4, -0.2) is 21.4 Å². The van der Waals surface area contributed by atoms with Crippen molar-refractivity contribution in [2.45, 2.75) is 39.3 Å². The fourth-order valence-electron chi connectivity index (χ4n) is 2.75. The summed E-state index contributed by atoms with van der Waals surface area (Å²) in [5.74, 6) is 1.75. The smallest absolute Gasteiger partial charge is 0.208 e. The Hall–Kier alpha value is -1.68. The summed E-state index contributed by atoms with van der Waals surface area (Å²) in [4.78, 5) is 11.1. The molecule has 1 fully saturated rings. The standard InChI is InChI=1S/C15H19N3O/c1-11-12(2)19-15(17-11)10-18-8-4-6-14(18)13-5-3-7-16-9-13/h3,5,7,9,14H,4,6,8,10H2,1-2H3. The van der Waals surface area contributed by atoms with Crippen LogP contribution in [-0.2, 0) is 6.54 Å². The molecule has 0 N–H and O–H groups in total. The molecule has 1 atom stereocenters. The second-order valence-electron chi connectivity index (χ2n) is 5.16. The first-order valence-electron chi connectivity index (χ1n) is 6.81. The number of oxazole rings is 1. The average Bonchev–Trinajstić information content (AvgIpc) is 2.99. The largest absolute Gasteiger partial charge is 0.444 e. The summed E-state index contributed by atoms with van der Waals surface area (Å²) in [6, 6.07) is 4.61. The zero-order valence-electron chi connectivity index (χ0n) is 11.5. The van der Waals surface area contributed by atoms with E-state index in [0.29, 0.717) is 6.04 Å². The summed E-state index contributed by atoms with van der Waals surface area (Å²) in [6.07, 6.45) is 6.20. The first-order valence-corrected chi connectivity index (χ1v) is 6.81. The molecule has 0 saturated carbocycles. The molecule has 3 rings (SSSR count). The number of rotatable bonds is 3. The monoisotopic (exact) mass is 257 g/mol. The molecule has 2 aromatic heterocycles. The maximum absolute atomic E-state index is 5.69. The maximum atomic E-state index is 5.69. The minimum Gasteiger partial charge on any atom is -0.444 e. The van der Waals surface area contributed by atoms with Gasteiger partial charge in [-0.1, -0.05) is 6.07 Å². The summed E-state index contributed by atoms with van der Waals surface area (Å²) in [7, 11) is 0. The van der Waals surface area contributed by atoms with Gasteiger partial charge in [0, 0.05) is 18.4 Å². The van der Waals surface area contributed by atoms with Gasteiger partial charge in [-0.05, 0) is 44.9 Å². The molecule has 2 aromatic rings. The highest BCUT2D eigenvalue weighted by molar-refractivity contribution is 5.15. The van der Waals surface area contributed by atoms with Crippen LogP contribution >= 0.6 is 0 Å². The van der Waals surface area contributed by atoms with Gasteiger partial charge in [0.05, 0.1) is 12.2 Å². The van der Waals surface area contributed by atoms with Crippen molar-refractivity contribution in [3.8, 4) is 0 Å². The molecule has 100 valence electrons. The van der Waals surface area contributed by atoms with E-state index in [0.717, 1.165) is 30.4 Å². The molecule has 0 spiro atoms.